The highest BCUT2D eigenvalue weighted by atomic mass is 32.2. The van der Waals surface area contributed by atoms with Crippen LogP contribution in [0.5, 0.6) is 5.75 Å². The van der Waals surface area contributed by atoms with Crippen LogP contribution >= 0.6 is 0 Å². The minimum atomic E-state index is -3.74. The molecule has 1 aromatic carbocycles. The molecule has 0 spiro atoms. The van der Waals surface area contributed by atoms with Crippen molar-refractivity contribution in [2.75, 3.05) is 20.7 Å². The quantitative estimate of drug-likeness (QED) is 0.824. The number of sulfonamides is 1. The number of hydrogen-bond acceptors (Lipinski definition) is 4. The predicted octanol–water partition coefficient (Wildman–Crippen LogP) is 1.91. The predicted molar refractivity (Wildman–Crippen MR) is 86.8 cm³/mol. The number of ether oxygens (including phenoxy) is 1. The lowest BCUT2D eigenvalue weighted by Gasteiger charge is -2.27. The number of benzene rings is 1. The summed E-state index contributed by atoms with van der Waals surface area (Å²) in [7, 11) is -0.869. The van der Waals surface area contributed by atoms with Gasteiger partial charge in [-0.2, -0.15) is 0 Å². The lowest BCUT2D eigenvalue weighted by atomic mass is 10.00. The molecular formula is C16H20FN3O3S. The van der Waals surface area contributed by atoms with Crippen LogP contribution in [0.25, 0.3) is 0 Å². The smallest absolute Gasteiger partial charge is 0.242 e. The topological polar surface area (TPSA) is 64.4 Å². The Balaban J connectivity index is 1.74. The van der Waals surface area contributed by atoms with Gasteiger partial charge in [-0.3, -0.25) is 0 Å². The fourth-order valence-electron chi connectivity index (χ4n) is 3.04. The van der Waals surface area contributed by atoms with E-state index in [4.69, 9.17) is 4.74 Å². The lowest BCUT2D eigenvalue weighted by molar-refractivity contribution is 0.303. The van der Waals surface area contributed by atoms with Crippen LogP contribution in [0.4, 0.5) is 4.39 Å². The molecule has 24 heavy (non-hydrogen) atoms. The number of rotatable bonds is 5. The van der Waals surface area contributed by atoms with Crippen LogP contribution in [0.15, 0.2) is 35.5 Å². The molecule has 0 N–H and O–H groups in total. The zero-order valence-corrected chi connectivity index (χ0v) is 14.5. The third-order valence-electron chi connectivity index (χ3n) is 4.38. The van der Waals surface area contributed by atoms with Crippen LogP contribution in [0.3, 0.4) is 0 Å². The molecule has 0 amide bonds. The van der Waals surface area contributed by atoms with Gasteiger partial charge in [0.25, 0.3) is 0 Å². The van der Waals surface area contributed by atoms with E-state index in [0.717, 1.165) is 31.3 Å². The van der Waals surface area contributed by atoms with E-state index in [2.05, 4.69) is 9.55 Å². The molecule has 1 unspecified atom stereocenters. The van der Waals surface area contributed by atoms with Crippen LogP contribution in [0.2, 0.25) is 0 Å². The SMILES string of the molecule is COc1ccc(S(=O)(=O)N(C)CC2CCc3nccn3C2)cc1F. The minimum Gasteiger partial charge on any atom is -0.494 e. The van der Waals surface area contributed by atoms with Gasteiger partial charge in [-0.25, -0.2) is 22.1 Å². The molecule has 0 saturated heterocycles. The summed E-state index contributed by atoms with van der Waals surface area (Å²) in [4.78, 5) is 4.20. The third kappa shape index (κ3) is 3.16. The number of aryl methyl sites for hydroxylation is 1. The molecule has 1 aliphatic heterocycles. The Kier molecular flexibility index (Phi) is 4.60. The number of halogens is 1. The summed E-state index contributed by atoms with van der Waals surface area (Å²) >= 11 is 0. The van der Waals surface area contributed by atoms with Crippen LogP contribution in [-0.4, -0.2) is 43.0 Å². The van der Waals surface area contributed by atoms with E-state index < -0.39 is 15.8 Å². The molecule has 0 radical (unpaired) electrons. The number of fused-ring (bicyclic) bond motifs is 1. The van der Waals surface area contributed by atoms with Gasteiger partial charge >= 0.3 is 0 Å². The van der Waals surface area contributed by atoms with Crippen molar-refractivity contribution in [1.82, 2.24) is 13.9 Å². The van der Waals surface area contributed by atoms with Gasteiger partial charge in [0, 0.05) is 39.0 Å². The van der Waals surface area contributed by atoms with Gasteiger partial charge in [-0.05, 0) is 30.5 Å². The van der Waals surface area contributed by atoms with Crippen LogP contribution < -0.4 is 4.74 Å². The summed E-state index contributed by atoms with van der Waals surface area (Å²) in [6.45, 7) is 1.12. The molecular weight excluding hydrogens is 333 g/mol. The van der Waals surface area contributed by atoms with Crippen molar-refractivity contribution in [1.29, 1.82) is 0 Å². The highest BCUT2D eigenvalue weighted by molar-refractivity contribution is 7.89. The van der Waals surface area contributed by atoms with E-state index in [1.54, 1.807) is 6.20 Å². The molecule has 1 atom stereocenters. The van der Waals surface area contributed by atoms with Crippen molar-refractivity contribution in [3.8, 4) is 5.75 Å². The molecule has 0 saturated carbocycles. The van der Waals surface area contributed by atoms with E-state index in [-0.39, 0.29) is 16.6 Å². The van der Waals surface area contributed by atoms with Crippen LogP contribution in [0, 0.1) is 11.7 Å². The molecule has 2 heterocycles. The summed E-state index contributed by atoms with van der Waals surface area (Å²) in [5.41, 5.74) is 0. The standard InChI is InChI=1S/C16H20FN3O3S/c1-19(10-12-3-6-16-18-7-8-20(16)11-12)24(21,22)13-4-5-15(23-2)14(17)9-13/h4-5,7-9,12H,3,6,10-11H2,1-2H3. The molecule has 1 aliphatic rings. The Bertz CT molecular complexity index is 835. The van der Waals surface area contributed by atoms with E-state index >= 15 is 0 Å². The van der Waals surface area contributed by atoms with Gasteiger partial charge in [-0.1, -0.05) is 0 Å². The van der Waals surface area contributed by atoms with Crippen LogP contribution in [-0.2, 0) is 23.0 Å². The normalized spacial score (nSPS) is 17.8. The zero-order valence-electron chi connectivity index (χ0n) is 13.6. The maximum absolute atomic E-state index is 13.8. The molecule has 8 heteroatoms. The molecule has 2 aromatic rings. The number of nitrogens with zero attached hydrogens (tertiary/aromatic N) is 3. The number of aromatic nitrogens is 2. The largest absolute Gasteiger partial charge is 0.494 e. The second-order valence-corrected chi connectivity index (χ2v) is 8.03. The van der Waals surface area contributed by atoms with E-state index in [1.807, 2.05) is 6.20 Å². The number of imidazole rings is 1. The fourth-order valence-corrected chi connectivity index (χ4v) is 4.29. The van der Waals surface area contributed by atoms with E-state index in [1.165, 1.54) is 30.6 Å². The summed E-state index contributed by atoms with van der Waals surface area (Å²) in [6, 6.07) is 3.69. The van der Waals surface area contributed by atoms with E-state index in [9.17, 15) is 12.8 Å². The van der Waals surface area contributed by atoms with Crippen molar-refractivity contribution in [2.45, 2.75) is 24.3 Å². The minimum absolute atomic E-state index is 0.0246. The maximum atomic E-state index is 13.8. The van der Waals surface area contributed by atoms with Gasteiger partial charge in [0.1, 0.15) is 5.82 Å². The van der Waals surface area contributed by atoms with Gasteiger partial charge in [0.15, 0.2) is 11.6 Å². The number of methoxy groups -OCH3 is 1. The van der Waals surface area contributed by atoms with Crippen molar-refractivity contribution in [2.24, 2.45) is 5.92 Å². The Morgan fingerprint density at radius 2 is 2.25 bits per heavy atom. The molecule has 6 nitrogen and oxygen atoms in total. The monoisotopic (exact) mass is 353 g/mol. The Morgan fingerprint density at radius 1 is 1.46 bits per heavy atom. The zero-order chi connectivity index (χ0) is 17.3. The highest BCUT2D eigenvalue weighted by Crippen LogP contribution is 2.25. The molecule has 0 aliphatic carbocycles. The second-order valence-electron chi connectivity index (χ2n) is 5.98. The number of hydrogen-bond donors (Lipinski definition) is 0. The van der Waals surface area contributed by atoms with Gasteiger partial charge in [0.2, 0.25) is 10.0 Å². The molecule has 3 rings (SSSR count). The first kappa shape index (κ1) is 16.9. The summed E-state index contributed by atoms with van der Waals surface area (Å²) in [6.07, 6.45) is 5.39. The first-order chi connectivity index (χ1) is 11.4. The summed E-state index contributed by atoms with van der Waals surface area (Å²) in [5.74, 6) is 0.577. The van der Waals surface area contributed by atoms with Gasteiger partial charge < -0.3 is 9.30 Å². The van der Waals surface area contributed by atoms with Crippen molar-refractivity contribution >= 4 is 10.0 Å². The molecule has 0 bridgehead atoms. The Labute approximate surface area is 140 Å². The second kappa shape index (κ2) is 6.52. The fraction of sp³-hybridized carbons (Fsp3) is 0.438. The van der Waals surface area contributed by atoms with Crippen molar-refractivity contribution in [3.05, 3.63) is 42.2 Å². The average Bonchev–Trinajstić information content (AvgIpc) is 3.02. The lowest BCUT2D eigenvalue weighted by Crippen LogP contribution is -2.35. The van der Waals surface area contributed by atoms with Gasteiger partial charge in [-0.15, -0.1) is 0 Å². The average molecular weight is 353 g/mol. The first-order valence-electron chi connectivity index (χ1n) is 7.71. The van der Waals surface area contributed by atoms with Crippen molar-refractivity contribution < 1.29 is 17.5 Å². The van der Waals surface area contributed by atoms with Gasteiger partial charge in [0.05, 0.1) is 12.0 Å². The molecule has 130 valence electrons. The van der Waals surface area contributed by atoms with E-state index in [0.29, 0.717) is 6.54 Å². The highest BCUT2D eigenvalue weighted by Gasteiger charge is 2.27. The summed E-state index contributed by atoms with van der Waals surface area (Å²) < 4.78 is 47.3. The Morgan fingerprint density at radius 3 is 2.96 bits per heavy atom. The molecule has 0 fully saturated rings. The summed E-state index contributed by atoms with van der Waals surface area (Å²) in [5, 5.41) is 0. The van der Waals surface area contributed by atoms with Crippen LogP contribution in [0.1, 0.15) is 12.2 Å². The first-order valence-corrected chi connectivity index (χ1v) is 9.15. The van der Waals surface area contributed by atoms with Crippen molar-refractivity contribution in [3.63, 3.8) is 0 Å². The maximum Gasteiger partial charge on any atom is 0.242 e. The Hall–Kier alpha value is -1.93. The third-order valence-corrected chi connectivity index (χ3v) is 6.20. The molecule has 1 aromatic heterocycles.